The number of amides is 1. The lowest BCUT2D eigenvalue weighted by atomic mass is 9.91. The van der Waals surface area contributed by atoms with E-state index in [-0.39, 0.29) is 18.6 Å². The van der Waals surface area contributed by atoms with Gasteiger partial charge in [0.25, 0.3) is 5.91 Å². The van der Waals surface area contributed by atoms with Crippen molar-refractivity contribution in [3.63, 3.8) is 0 Å². The number of benzene rings is 1. The summed E-state index contributed by atoms with van der Waals surface area (Å²) in [5.41, 5.74) is 0. The fourth-order valence-corrected chi connectivity index (χ4v) is 2.93. The summed E-state index contributed by atoms with van der Waals surface area (Å²) in [6.45, 7) is 4.40. The van der Waals surface area contributed by atoms with E-state index in [0.29, 0.717) is 17.4 Å². The van der Waals surface area contributed by atoms with Gasteiger partial charge in [0.15, 0.2) is 11.5 Å². The van der Waals surface area contributed by atoms with E-state index in [2.05, 4.69) is 17.6 Å². The van der Waals surface area contributed by atoms with Crippen LogP contribution in [-0.4, -0.2) is 37.7 Å². The van der Waals surface area contributed by atoms with E-state index >= 15 is 0 Å². The molecule has 2 unspecified atom stereocenters. The van der Waals surface area contributed by atoms with Crippen molar-refractivity contribution in [1.82, 2.24) is 10.6 Å². The summed E-state index contributed by atoms with van der Waals surface area (Å²) in [5.74, 6) is 1.79. The first-order valence-electron chi connectivity index (χ1n) is 7.63. The monoisotopic (exact) mass is 290 g/mol. The molecule has 0 saturated carbocycles. The molecule has 5 nitrogen and oxygen atoms in total. The molecule has 0 aromatic heterocycles. The van der Waals surface area contributed by atoms with Crippen molar-refractivity contribution in [2.75, 3.05) is 19.7 Å². The molecule has 2 aliphatic rings. The van der Waals surface area contributed by atoms with E-state index in [9.17, 15) is 4.79 Å². The number of nitrogens with one attached hydrogen (secondary N) is 2. The van der Waals surface area contributed by atoms with E-state index < -0.39 is 6.10 Å². The van der Waals surface area contributed by atoms with Crippen molar-refractivity contribution in [2.45, 2.75) is 31.9 Å². The maximum absolute atomic E-state index is 12.3. The molecule has 0 spiro atoms. The summed E-state index contributed by atoms with van der Waals surface area (Å²) in [5, 5.41) is 6.42. The van der Waals surface area contributed by atoms with Gasteiger partial charge < -0.3 is 20.1 Å². The number of ether oxygens (including phenoxy) is 2. The lowest BCUT2D eigenvalue weighted by molar-refractivity contribution is -0.131. The topological polar surface area (TPSA) is 59.6 Å². The summed E-state index contributed by atoms with van der Waals surface area (Å²) < 4.78 is 11.3. The summed E-state index contributed by atoms with van der Waals surface area (Å²) in [6, 6.07) is 7.61. The highest BCUT2D eigenvalue weighted by molar-refractivity contribution is 5.82. The largest absolute Gasteiger partial charge is 0.485 e. The summed E-state index contributed by atoms with van der Waals surface area (Å²) >= 11 is 0. The first-order valence-corrected chi connectivity index (χ1v) is 7.63. The minimum absolute atomic E-state index is 0.0875. The molecule has 1 fully saturated rings. The van der Waals surface area contributed by atoms with Gasteiger partial charge in [0, 0.05) is 6.04 Å². The molecule has 5 heteroatoms. The second kappa shape index (κ2) is 6.35. The maximum Gasteiger partial charge on any atom is 0.264 e. The molecule has 1 aromatic carbocycles. The standard InChI is InChI=1S/C16H22N2O3/c1-11(12-6-8-17-9-7-12)18-16(19)15-10-20-13-4-2-3-5-14(13)21-15/h2-5,11-12,15,17H,6-10H2,1H3,(H,18,19). The van der Waals surface area contributed by atoms with E-state index in [1.807, 2.05) is 24.3 Å². The van der Waals surface area contributed by atoms with E-state index in [0.717, 1.165) is 25.9 Å². The van der Waals surface area contributed by atoms with Gasteiger partial charge in [0.1, 0.15) is 6.61 Å². The van der Waals surface area contributed by atoms with Crippen LogP contribution in [0.3, 0.4) is 0 Å². The SMILES string of the molecule is CC(NC(=O)C1COc2ccccc2O1)C1CCNCC1. The predicted octanol–water partition coefficient (Wildman–Crippen LogP) is 1.33. The average molecular weight is 290 g/mol. The van der Waals surface area contributed by atoms with Crippen molar-refractivity contribution < 1.29 is 14.3 Å². The Morgan fingerprint density at radius 2 is 2.00 bits per heavy atom. The second-order valence-corrected chi connectivity index (χ2v) is 5.75. The molecule has 0 aliphatic carbocycles. The van der Waals surface area contributed by atoms with Gasteiger partial charge in [-0.05, 0) is 50.9 Å². The third-order valence-electron chi connectivity index (χ3n) is 4.26. The molecule has 0 radical (unpaired) electrons. The van der Waals surface area contributed by atoms with Gasteiger partial charge in [-0.3, -0.25) is 4.79 Å². The highest BCUT2D eigenvalue weighted by atomic mass is 16.6. The van der Waals surface area contributed by atoms with Crippen LogP contribution in [-0.2, 0) is 4.79 Å². The molecule has 3 rings (SSSR count). The zero-order valence-corrected chi connectivity index (χ0v) is 12.3. The minimum atomic E-state index is -0.566. The molecular weight excluding hydrogens is 268 g/mol. The van der Waals surface area contributed by atoms with Crippen LogP contribution in [0, 0.1) is 5.92 Å². The van der Waals surface area contributed by atoms with Crippen LogP contribution in [0.15, 0.2) is 24.3 Å². The van der Waals surface area contributed by atoms with E-state index in [1.165, 1.54) is 0 Å². The molecule has 2 N–H and O–H groups in total. The lowest BCUT2D eigenvalue weighted by Gasteiger charge is -2.31. The molecular formula is C16H22N2O3. The molecule has 2 aliphatic heterocycles. The Morgan fingerprint density at radius 1 is 1.29 bits per heavy atom. The number of hydrogen-bond acceptors (Lipinski definition) is 4. The predicted molar refractivity (Wildman–Crippen MR) is 79.6 cm³/mol. The van der Waals surface area contributed by atoms with Crippen molar-refractivity contribution in [3.05, 3.63) is 24.3 Å². The van der Waals surface area contributed by atoms with Crippen LogP contribution in [0.5, 0.6) is 11.5 Å². The van der Waals surface area contributed by atoms with Crippen LogP contribution in [0.1, 0.15) is 19.8 Å². The molecule has 1 amide bonds. The maximum atomic E-state index is 12.3. The molecule has 1 saturated heterocycles. The number of hydrogen-bond donors (Lipinski definition) is 2. The van der Waals surface area contributed by atoms with Gasteiger partial charge in [0.05, 0.1) is 0 Å². The number of carbonyl (C=O) groups is 1. The van der Waals surface area contributed by atoms with E-state index in [4.69, 9.17) is 9.47 Å². The Balaban J connectivity index is 1.56. The van der Waals surface area contributed by atoms with Crippen LogP contribution in [0.4, 0.5) is 0 Å². The zero-order valence-electron chi connectivity index (χ0n) is 12.3. The Kier molecular flexibility index (Phi) is 4.29. The highest BCUT2D eigenvalue weighted by Crippen LogP contribution is 2.31. The molecule has 2 heterocycles. The Labute approximate surface area is 125 Å². The van der Waals surface area contributed by atoms with Crippen LogP contribution in [0.2, 0.25) is 0 Å². The van der Waals surface area contributed by atoms with Crippen LogP contribution in [0.25, 0.3) is 0 Å². The first kappa shape index (κ1) is 14.2. The summed E-state index contributed by atoms with van der Waals surface area (Å²) in [6.07, 6.45) is 1.64. The smallest absolute Gasteiger partial charge is 0.264 e. The molecule has 1 aromatic rings. The van der Waals surface area contributed by atoms with Gasteiger partial charge >= 0.3 is 0 Å². The van der Waals surface area contributed by atoms with Gasteiger partial charge in [0.2, 0.25) is 6.10 Å². The molecule has 21 heavy (non-hydrogen) atoms. The van der Waals surface area contributed by atoms with Gasteiger partial charge in [-0.15, -0.1) is 0 Å². The van der Waals surface area contributed by atoms with Crippen molar-refractivity contribution in [2.24, 2.45) is 5.92 Å². The lowest BCUT2D eigenvalue weighted by Crippen LogP contribution is -2.50. The van der Waals surface area contributed by atoms with Crippen molar-refractivity contribution in [1.29, 1.82) is 0 Å². The number of rotatable bonds is 3. The van der Waals surface area contributed by atoms with Crippen LogP contribution < -0.4 is 20.1 Å². The Bertz CT molecular complexity index is 500. The average Bonchev–Trinajstić information content (AvgIpc) is 2.55. The number of carbonyl (C=O) groups excluding carboxylic acids is 1. The second-order valence-electron chi connectivity index (χ2n) is 5.75. The first-order chi connectivity index (χ1) is 10.2. The number of para-hydroxylation sites is 2. The fraction of sp³-hybridized carbons (Fsp3) is 0.562. The Hall–Kier alpha value is -1.75. The Morgan fingerprint density at radius 3 is 2.76 bits per heavy atom. The minimum Gasteiger partial charge on any atom is -0.485 e. The fourth-order valence-electron chi connectivity index (χ4n) is 2.93. The van der Waals surface area contributed by atoms with Crippen molar-refractivity contribution in [3.8, 4) is 11.5 Å². The third-order valence-corrected chi connectivity index (χ3v) is 4.26. The number of piperidine rings is 1. The van der Waals surface area contributed by atoms with Crippen LogP contribution >= 0.6 is 0 Å². The summed E-state index contributed by atoms with van der Waals surface area (Å²) in [7, 11) is 0. The van der Waals surface area contributed by atoms with E-state index in [1.54, 1.807) is 0 Å². The van der Waals surface area contributed by atoms with Crippen molar-refractivity contribution >= 4 is 5.91 Å². The zero-order chi connectivity index (χ0) is 14.7. The molecule has 2 atom stereocenters. The molecule has 0 bridgehead atoms. The van der Waals surface area contributed by atoms with Gasteiger partial charge in [-0.1, -0.05) is 12.1 Å². The number of fused-ring (bicyclic) bond motifs is 1. The van der Waals surface area contributed by atoms with Gasteiger partial charge in [-0.25, -0.2) is 0 Å². The summed E-state index contributed by atoms with van der Waals surface area (Å²) in [4.78, 5) is 12.3. The molecule has 114 valence electrons. The highest BCUT2D eigenvalue weighted by Gasteiger charge is 2.30. The normalized spacial score (nSPS) is 23.4. The quantitative estimate of drug-likeness (QED) is 0.882. The van der Waals surface area contributed by atoms with Gasteiger partial charge in [-0.2, -0.15) is 0 Å². The third kappa shape index (κ3) is 3.29.